The lowest BCUT2D eigenvalue weighted by atomic mass is 10.3. The quantitative estimate of drug-likeness (QED) is 0.805. The Labute approximate surface area is 99.9 Å². The first kappa shape index (κ1) is 10.5. The van der Waals surface area contributed by atoms with Gasteiger partial charge in [-0.25, -0.2) is 9.97 Å². The van der Waals surface area contributed by atoms with E-state index in [4.69, 9.17) is 0 Å². The maximum atomic E-state index is 9.58. The van der Waals surface area contributed by atoms with Crippen molar-refractivity contribution in [2.45, 2.75) is 19.4 Å². The Balaban J connectivity index is 2.07. The van der Waals surface area contributed by atoms with Crippen LogP contribution in [0.1, 0.15) is 12.1 Å². The van der Waals surface area contributed by atoms with Gasteiger partial charge in [-0.2, -0.15) is 0 Å². The molecule has 88 valence electrons. The average molecular weight is 229 g/mol. The molecule has 4 nitrogen and oxygen atoms in total. The molecule has 1 aromatic heterocycles. The van der Waals surface area contributed by atoms with Gasteiger partial charge in [-0.15, -0.1) is 0 Å². The van der Waals surface area contributed by atoms with Crippen molar-refractivity contribution in [3.63, 3.8) is 0 Å². The highest BCUT2D eigenvalue weighted by molar-refractivity contribution is 5.76. The van der Waals surface area contributed by atoms with Crippen molar-refractivity contribution in [1.82, 2.24) is 9.97 Å². The van der Waals surface area contributed by atoms with Gasteiger partial charge in [0.25, 0.3) is 0 Å². The first-order chi connectivity index (χ1) is 8.24. The molecule has 1 saturated heterocycles. The molecule has 0 radical (unpaired) electrons. The SMILES string of the molecule is Cc1nc2ccccc2nc1N1CCC(O)C1. The number of aliphatic hydroxyl groups excluding tert-OH is 1. The highest BCUT2D eigenvalue weighted by atomic mass is 16.3. The van der Waals surface area contributed by atoms with E-state index in [2.05, 4.69) is 14.9 Å². The van der Waals surface area contributed by atoms with E-state index in [0.717, 1.165) is 35.5 Å². The number of fused-ring (bicyclic) bond motifs is 1. The van der Waals surface area contributed by atoms with Gasteiger partial charge in [0.05, 0.1) is 22.8 Å². The molecule has 4 heteroatoms. The van der Waals surface area contributed by atoms with Crippen LogP contribution in [-0.2, 0) is 0 Å². The van der Waals surface area contributed by atoms with E-state index in [0.29, 0.717) is 6.54 Å². The zero-order valence-electron chi connectivity index (χ0n) is 9.80. The van der Waals surface area contributed by atoms with E-state index < -0.39 is 0 Å². The highest BCUT2D eigenvalue weighted by Crippen LogP contribution is 2.23. The van der Waals surface area contributed by atoms with Gasteiger partial charge >= 0.3 is 0 Å². The molecule has 0 bridgehead atoms. The van der Waals surface area contributed by atoms with Crippen LogP contribution in [0.15, 0.2) is 24.3 Å². The Morgan fingerprint density at radius 2 is 1.94 bits per heavy atom. The third-order valence-corrected chi connectivity index (χ3v) is 3.18. The second kappa shape index (κ2) is 3.96. The first-order valence-corrected chi connectivity index (χ1v) is 5.90. The fourth-order valence-electron chi connectivity index (χ4n) is 2.31. The molecule has 1 aliphatic rings. The summed E-state index contributed by atoms with van der Waals surface area (Å²) < 4.78 is 0. The lowest BCUT2D eigenvalue weighted by molar-refractivity contribution is 0.198. The fraction of sp³-hybridized carbons (Fsp3) is 0.385. The van der Waals surface area contributed by atoms with E-state index in [9.17, 15) is 5.11 Å². The van der Waals surface area contributed by atoms with Crippen molar-refractivity contribution >= 4 is 16.9 Å². The number of benzene rings is 1. The smallest absolute Gasteiger partial charge is 0.150 e. The maximum absolute atomic E-state index is 9.58. The number of hydrogen-bond donors (Lipinski definition) is 1. The Bertz CT molecular complexity index is 555. The van der Waals surface area contributed by atoms with E-state index in [1.54, 1.807) is 0 Å². The minimum absolute atomic E-state index is 0.234. The van der Waals surface area contributed by atoms with Gasteiger partial charge in [0.15, 0.2) is 5.82 Å². The second-order valence-corrected chi connectivity index (χ2v) is 4.51. The number of β-amino-alcohol motifs (C(OH)–C–C–N with tert-alkyl or cyclic N) is 1. The molecule has 1 fully saturated rings. The Kier molecular flexibility index (Phi) is 2.44. The van der Waals surface area contributed by atoms with Gasteiger partial charge in [-0.1, -0.05) is 12.1 Å². The summed E-state index contributed by atoms with van der Waals surface area (Å²) in [7, 11) is 0. The monoisotopic (exact) mass is 229 g/mol. The van der Waals surface area contributed by atoms with Crippen LogP contribution in [0.4, 0.5) is 5.82 Å². The summed E-state index contributed by atoms with van der Waals surface area (Å²) in [5.41, 5.74) is 2.76. The van der Waals surface area contributed by atoms with Crippen LogP contribution >= 0.6 is 0 Å². The largest absolute Gasteiger partial charge is 0.391 e. The number of anilines is 1. The first-order valence-electron chi connectivity index (χ1n) is 5.90. The molecule has 17 heavy (non-hydrogen) atoms. The zero-order valence-corrected chi connectivity index (χ0v) is 9.80. The molecule has 1 N–H and O–H groups in total. The van der Waals surface area contributed by atoms with Crippen LogP contribution in [0, 0.1) is 6.92 Å². The summed E-state index contributed by atoms with van der Waals surface area (Å²) >= 11 is 0. The minimum atomic E-state index is -0.234. The molecule has 1 unspecified atom stereocenters. The molecular weight excluding hydrogens is 214 g/mol. The molecular formula is C13H15N3O. The summed E-state index contributed by atoms with van der Waals surface area (Å²) in [5, 5.41) is 9.58. The Morgan fingerprint density at radius 1 is 1.24 bits per heavy atom. The van der Waals surface area contributed by atoms with Crippen LogP contribution in [0.2, 0.25) is 0 Å². The average Bonchev–Trinajstić information content (AvgIpc) is 2.75. The van der Waals surface area contributed by atoms with E-state index >= 15 is 0 Å². The number of aromatic nitrogens is 2. The van der Waals surface area contributed by atoms with Gasteiger partial charge in [-0.3, -0.25) is 0 Å². The number of hydrogen-bond acceptors (Lipinski definition) is 4. The molecule has 0 spiro atoms. The standard InChI is InChI=1S/C13H15N3O/c1-9-13(16-7-6-10(17)8-16)15-12-5-3-2-4-11(12)14-9/h2-5,10,17H,6-8H2,1H3. The predicted molar refractivity (Wildman–Crippen MR) is 67.1 cm³/mol. The maximum Gasteiger partial charge on any atom is 0.150 e. The van der Waals surface area contributed by atoms with Crippen molar-refractivity contribution in [3.05, 3.63) is 30.0 Å². The third-order valence-electron chi connectivity index (χ3n) is 3.18. The lowest BCUT2D eigenvalue weighted by Gasteiger charge is -2.18. The molecule has 2 heterocycles. The van der Waals surface area contributed by atoms with E-state index in [1.165, 1.54) is 0 Å². The van der Waals surface area contributed by atoms with Gasteiger partial charge in [-0.05, 0) is 25.5 Å². The second-order valence-electron chi connectivity index (χ2n) is 4.51. The number of rotatable bonds is 1. The van der Waals surface area contributed by atoms with Crippen LogP contribution in [-0.4, -0.2) is 34.3 Å². The number of aliphatic hydroxyl groups is 1. The Hall–Kier alpha value is -1.68. The lowest BCUT2D eigenvalue weighted by Crippen LogP contribution is -2.23. The minimum Gasteiger partial charge on any atom is -0.391 e. The Morgan fingerprint density at radius 3 is 2.59 bits per heavy atom. The van der Waals surface area contributed by atoms with E-state index in [1.807, 2.05) is 31.2 Å². The molecule has 1 atom stereocenters. The van der Waals surface area contributed by atoms with Gasteiger partial charge < -0.3 is 10.0 Å². The van der Waals surface area contributed by atoms with E-state index in [-0.39, 0.29) is 6.10 Å². The molecule has 0 aliphatic carbocycles. The normalized spacial score (nSPS) is 20.1. The summed E-state index contributed by atoms with van der Waals surface area (Å²) in [6.45, 7) is 3.49. The van der Waals surface area contributed by atoms with Crippen molar-refractivity contribution in [1.29, 1.82) is 0 Å². The number of para-hydroxylation sites is 2. The van der Waals surface area contributed by atoms with Crippen LogP contribution in [0.25, 0.3) is 11.0 Å². The molecule has 2 aromatic rings. The van der Waals surface area contributed by atoms with Crippen molar-refractivity contribution < 1.29 is 5.11 Å². The van der Waals surface area contributed by atoms with Gasteiger partial charge in [0.1, 0.15) is 0 Å². The molecule has 1 aromatic carbocycles. The highest BCUT2D eigenvalue weighted by Gasteiger charge is 2.23. The van der Waals surface area contributed by atoms with Crippen LogP contribution in [0.3, 0.4) is 0 Å². The van der Waals surface area contributed by atoms with Crippen molar-refractivity contribution in [2.75, 3.05) is 18.0 Å². The summed E-state index contributed by atoms with van der Waals surface area (Å²) in [6.07, 6.45) is 0.580. The molecule has 0 amide bonds. The molecule has 3 rings (SSSR count). The summed E-state index contributed by atoms with van der Waals surface area (Å²) in [6, 6.07) is 7.88. The van der Waals surface area contributed by atoms with Gasteiger partial charge in [0, 0.05) is 13.1 Å². The number of aryl methyl sites for hydroxylation is 1. The predicted octanol–water partition coefficient (Wildman–Crippen LogP) is 1.51. The van der Waals surface area contributed by atoms with Gasteiger partial charge in [0.2, 0.25) is 0 Å². The summed E-state index contributed by atoms with van der Waals surface area (Å²) in [4.78, 5) is 11.3. The fourth-order valence-corrected chi connectivity index (χ4v) is 2.31. The van der Waals surface area contributed by atoms with Crippen LogP contribution < -0.4 is 4.90 Å². The third kappa shape index (κ3) is 1.85. The molecule has 0 saturated carbocycles. The number of nitrogens with zero attached hydrogens (tertiary/aromatic N) is 3. The zero-order chi connectivity index (χ0) is 11.8. The topological polar surface area (TPSA) is 49.2 Å². The molecule has 1 aliphatic heterocycles. The summed E-state index contributed by atoms with van der Waals surface area (Å²) in [5.74, 6) is 0.903. The van der Waals surface area contributed by atoms with Crippen LogP contribution in [0.5, 0.6) is 0 Å². The van der Waals surface area contributed by atoms with Crippen molar-refractivity contribution in [2.24, 2.45) is 0 Å². The van der Waals surface area contributed by atoms with Crippen molar-refractivity contribution in [3.8, 4) is 0 Å².